The van der Waals surface area contributed by atoms with Crippen LogP contribution in [0.4, 0.5) is 0 Å². The molecule has 274 valence electrons. The second-order valence-electron chi connectivity index (χ2n) is 14.2. The van der Waals surface area contributed by atoms with Crippen molar-refractivity contribution in [1.82, 2.24) is 10.3 Å². The van der Waals surface area contributed by atoms with Gasteiger partial charge in [-0.25, -0.2) is 4.79 Å². The molecule has 3 rings (SSSR count). The monoisotopic (exact) mass is 683 g/mol. The maximum Gasteiger partial charge on any atom is 0.331 e. The number of ketones is 2. The van der Waals surface area contributed by atoms with Gasteiger partial charge in [-0.15, -0.1) is 0 Å². The quantitative estimate of drug-likeness (QED) is 0.259. The lowest BCUT2D eigenvalue weighted by atomic mass is 9.66. The van der Waals surface area contributed by atoms with Gasteiger partial charge in [-0.05, 0) is 61.1 Å². The summed E-state index contributed by atoms with van der Waals surface area (Å²) in [7, 11) is 5.14. The third kappa shape index (κ3) is 7.63. The number of hydrogen-bond acceptors (Lipinski definition) is 14. The molecule has 2 saturated heterocycles. The first kappa shape index (κ1) is 39.9. The molecule has 3 aliphatic rings. The van der Waals surface area contributed by atoms with Crippen LogP contribution in [0.3, 0.4) is 0 Å². The highest BCUT2D eigenvalue weighted by Gasteiger charge is 2.60. The number of nitrogens with one attached hydrogen (secondary N) is 1. The van der Waals surface area contributed by atoms with Gasteiger partial charge >= 0.3 is 11.9 Å². The van der Waals surface area contributed by atoms with Crippen molar-refractivity contribution < 1.29 is 53.1 Å². The number of methoxy groups -OCH3 is 1. The Kier molecular flexibility index (Phi) is 13.3. The summed E-state index contributed by atoms with van der Waals surface area (Å²) < 4.78 is 29.9. The molecule has 0 radical (unpaired) electrons. The van der Waals surface area contributed by atoms with E-state index >= 15 is 0 Å². The molecule has 0 aromatic heterocycles. The average molecular weight is 684 g/mol. The van der Waals surface area contributed by atoms with E-state index in [1.165, 1.54) is 20.2 Å². The van der Waals surface area contributed by atoms with Crippen molar-refractivity contribution in [3.05, 3.63) is 0 Å². The minimum Gasteiger partial charge on any atom is -0.464 e. The molecule has 0 saturated carbocycles. The van der Waals surface area contributed by atoms with Crippen LogP contribution in [-0.2, 0) is 42.9 Å². The SMILES string of the molecule is CCOC(=O)C1NN=CC12[C@H](O)[C@@H](C)C(=O)[C@H](C)C[C@@](C)(OC)[C@H](O[C@@H]1O[C@H](C)C[C@H](N(C)C)[C@H]1O)[C@@H](C)C(=O)[C@@H](C)C(=O)O[C@@H]2CC. The zero-order valence-corrected chi connectivity index (χ0v) is 30.3. The summed E-state index contributed by atoms with van der Waals surface area (Å²) >= 11 is 0. The summed E-state index contributed by atoms with van der Waals surface area (Å²) in [6, 6.07) is -1.56. The molecule has 3 heterocycles. The highest BCUT2D eigenvalue weighted by atomic mass is 16.7. The number of Topliss-reactive ketones (excluding diaryl/α,β-unsaturated/α-hetero) is 2. The second-order valence-corrected chi connectivity index (χ2v) is 14.2. The minimum absolute atomic E-state index is 0.0468. The number of hydrogen-bond donors (Lipinski definition) is 3. The van der Waals surface area contributed by atoms with Crippen molar-refractivity contribution in [3.63, 3.8) is 0 Å². The van der Waals surface area contributed by atoms with Crippen molar-refractivity contribution in [2.45, 2.75) is 129 Å². The fourth-order valence-corrected chi connectivity index (χ4v) is 7.69. The molecule has 2 unspecified atom stereocenters. The molecule has 14 heteroatoms. The lowest BCUT2D eigenvalue weighted by Gasteiger charge is -2.47. The molecule has 2 fully saturated rings. The molecule has 0 aliphatic carbocycles. The fourth-order valence-electron chi connectivity index (χ4n) is 7.69. The van der Waals surface area contributed by atoms with E-state index in [1.807, 2.05) is 25.9 Å². The summed E-state index contributed by atoms with van der Waals surface area (Å²) in [6.45, 7) is 13.3. The van der Waals surface area contributed by atoms with Gasteiger partial charge in [0, 0.05) is 37.1 Å². The highest BCUT2D eigenvalue weighted by Crippen LogP contribution is 2.43. The van der Waals surface area contributed by atoms with E-state index in [2.05, 4.69) is 10.5 Å². The van der Waals surface area contributed by atoms with E-state index in [0.29, 0.717) is 6.42 Å². The molecule has 14 nitrogen and oxygen atoms in total. The van der Waals surface area contributed by atoms with Crippen LogP contribution in [0.2, 0.25) is 0 Å². The van der Waals surface area contributed by atoms with Gasteiger partial charge in [0.2, 0.25) is 0 Å². The van der Waals surface area contributed by atoms with E-state index in [0.717, 1.165) is 0 Å². The molecule has 48 heavy (non-hydrogen) atoms. The number of aliphatic hydroxyl groups excluding tert-OH is 2. The molecular formula is C34H57N3O11. The molecule has 1 spiro atoms. The third-order valence-electron chi connectivity index (χ3n) is 10.6. The van der Waals surface area contributed by atoms with E-state index < -0.39 is 89.2 Å². The van der Waals surface area contributed by atoms with Crippen molar-refractivity contribution in [2.24, 2.45) is 34.2 Å². The van der Waals surface area contributed by atoms with Crippen LogP contribution in [0.1, 0.15) is 74.7 Å². The molecule has 0 aromatic rings. The fraction of sp³-hybridized carbons (Fsp3) is 0.853. The van der Waals surface area contributed by atoms with Gasteiger partial charge in [0.05, 0.1) is 30.5 Å². The molecular weight excluding hydrogens is 626 g/mol. The van der Waals surface area contributed by atoms with Gasteiger partial charge < -0.3 is 38.8 Å². The maximum absolute atomic E-state index is 14.2. The number of rotatable bonds is 7. The Morgan fingerprint density at radius 1 is 1.08 bits per heavy atom. The smallest absolute Gasteiger partial charge is 0.331 e. The molecule has 14 atom stereocenters. The van der Waals surface area contributed by atoms with Crippen LogP contribution < -0.4 is 5.43 Å². The summed E-state index contributed by atoms with van der Waals surface area (Å²) in [6.07, 6.45) is -4.24. The predicted molar refractivity (Wildman–Crippen MR) is 175 cm³/mol. The van der Waals surface area contributed by atoms with Gasteiger partial charge in [-0.3, -0.25) is 19.8 Å². The number of carbonyl (C=O) groups is 4. The van der Waals surface area contributed by atoms with Gasteiger partial charge in [0.25, 0.3) is 0 Å². The summed E-state index contributed by atoms with van der Waals surface area (Å²) in [5.41, 5.74) is -0.302. The summed E-state index contributed by atoms with van der Waals surface area (Å²) in [5, 5.41) is 27.4. The van der Waals surface area contributed by atoms with E-state index in [1.54, 1.807) is 41.5 Å². The summed E-state index contributed by atoms with van der Waals surface area (Å²) in [5.74, 6) is -6.60. The number of likely N-dealkylation sites (N-methyl/N-ethyl adjacent to an activating group) is 1. The number of carbonyl (C=O) groups excluding carboxylic acids is 4. The lowest BCUT2D eigenvalue weighted by molar-refractivity contribution is -0.295. The number of ether oxygens (including phenoxy) is 5. The third-order valence-corrected chi connectivity index (χ3v) is 10.6. The number of cyclic esters (lactones) is 1. The lowest BCUT2D eigenvalue weighted by Crippen LogP contribution is -2.62. The first-order valence-corrected chi connectivity index (χ1v) is 17.0. The average Bonchev–Trinajstić information content (AvgIpc) is 3.50. The van der Waals surface area contributed by atoms with Gasteiger partial charge in [-0.2, -0.15) is 5.10 Å². The van der Waals surface area contributed by atoms with Crippen molar-refractivity contribution in [2.75, 3.05) is 27.8 Å². The molecule has 3 N–H and O–H groups in total. The van der Waals surface area contributed by atoms with Crippen LogP contribution in [-0.4, -0.2) is 127 Å². The zero-order valence-electron chi connectivity index (χ0n) is 30.3. The van der Waals surface area contributed by atoms with Crippen molar-refractivity contribution in [1.29, 1.82) is 0 Å². The van der Waals surface area contributed by atoms with Gasteiger partial charge in [0.15, 0.2) is 18.1 Å². The van der Waals surface area contributed by atoms with Gasteiger partial charge in [0.1, 0.15) is 29.3 Å². The van der Waals surface area contributed by atoms with Crippen LogP contribution in [0.5, 0.6) is 0 Å². The van der Waals surface area contributed by atoms with Crippen LogP contribution in [0.15, 0.2) is 5.10 Å². The Balaban J connectivity index is 2.14. The first-order chi connectivity index (χ1) is 22.4. The largest absolute Gasteiger partial charge is 0.464 e. The Labute approximate surface area is 284 Å². The van der Waals surface area contributed by atoms with E-state index in [-0.39, 0.29) is 37.4 Å². The number of esters is 2. The predicted octanol–water partition coefficient (Wildman–Crippen LogP) is 1.48. The van der Waals surface area contributed by atoms with Gasteiger partial charge in [-0.1, -0.05) is 27.7 Å². The summed E-state index contributed by atoms with van der Waals surface area (Å²) in [4.78, 5) is 57.2. The second kappa shape index (κ2) is 16.0. The molecule has 0 aromatic carbocycles. The Hall–Kier alpha value is -2.49. The molecule has 3 aliphatic heterocycles. The van der Waals surface area contributed by atoms with Crippen LogP contribution in [0.25, 0.3) is 0 Å². The topological polar surface area (TPSA) is 183 Å². The Bertz CT molecular complexity index is 1200. The highest BCUT2D eigenvalue weighted by molar-refractivity contribution is 6.00. The normalized spacial score (nSPS) is 43.2. The standard InChI is InChI=1S/C34H57N3O11/c1-12-23-34(16-35-36-27(34)31(43)45-13-2)28(41)19(5)24(38)17(3)15-33(8,44-11)29(20(6)25(39)21(7)30(42)47-23)48-32-26(40)22(37(9)10)14-18(4)46-32/h16-23,26-29,32,36,40-41H,12-15H2,1-11H3/t17-,18-,19+,20+,21-,22+,23-,26-,27?,28-,29-,32+,33-,34?/m1/s1. The van der Waals surface area contributed by atoms with Crippen LogP contribution >= 0.6 is 0 Å². The van der Waals surface area contributed by atoms with E-state index in [9.17, 15) is 29.4 Å². The zero-order chi connectivity index (χ0) is 36.3. The molecule has 0 amide bonds. The minimum atomic E-state index is -1.69. The number of hydrazone groups is 1. The Morgan fingerprint density at radius 3 is 2.29 bits per heavy atom. The van der Waals surface area contributed by atoms with Crippen molar-refractivity contribution >= 4 is 29.7 Å². The van der Waals surface area contributed by atoms with Crippen molar-refractivity contribution in [3.8, 4) is 0 Å². The maximum atomic E-state index is 14.2. The Morgan fingerprint density at radius 2 is 1.73 bits per heavy atom. The van der Waals surface area contributed by atoms with Crippen LogP contribution in [0, 0.1) is 29.1 Å². The number of aliphatic hydroxyl groups is 2. The number of nitrogens with zero attached hydrogens (tertiary/aromatic N) is 2. The molecule has 0 bridgehead atoms. The first-order valence-electron chi connectivity index (χ1n) is 17.0. The van der Waals surface area contributed by atoms with E-state index in [4.69, 9.17) is 23.7 Å².